The Morgan fingerprint density at radius 1 is 1.35 bits per heavy atom. The normalized spacial score (nSPS) is 21.8. The van der Waals surface area contributed by atoms with Crippen molar-refractivity contribution >= 4 is 33.6 Å². The van der Waals surface area contributed by atoms with Crippen molar-refractivity contribution in [1.82, 2.24) is 9.88 Å². The van der Waals surface area contributed by atoms with Crippen LogP contribution in [0.1, 0.15) is 12.1 Å². The van der Waals surface area contributed by atoms with Gasteiger partial charge in [0.25, 0.3) is 0 Å². The van der Waals surface area contributed by atoms with E-state index < -0.39 is 24.0 Å². The van der Waals surface area contributed by atoms with Crippen LogP contribution in [0.25, 0.3) is 16.3 Å². The SMILES string of the molecule is C=C(c1nc(Cl)cc2c(N[C@@H]3CCN(C)C[C@@H]3F)cccc12)C(F)(F)F. The number of anilines is 1. The molecule has 0 spiro atoms. The van der Waals surface area contributed by atoms with Gasteiger partial charge in [0.15, 0.2) is 0 Å². The second-order valence-electron chi connectivity index (χ2n) is 6.49. The third-order valence-electron chi connectivity index (χ3n) is 4.56. The molecule has 26 heavy (non-hydrogen) atoms. The second-order valence-corrected chi connectivity index (χ2v) is 6.88. The molecular weight excluding hydrogens is 370 g/mol. The largest absolute Gasteiger partial charge is 0.417 e. The molecule has 3 nitrogen and oxygen atoms in total. The predicted molar refractivity (Wildman–Crippen MR) is 96.3 cm³/mol. The van der Waals surface area contributed by atoms with Crippen LogP contribution in [0.5, 0.6) is 0 Å². The van der Waals surface area contributed by atoms with Gasteiger partial charge < -0.3 is 10.2 Å². The quantitative estimate of drug-likeness (QED) is 0.598. The van der Waals surface area contributed by atoms with Gasteiger partial charge in [-0.05, 0) is 25.6 Å². The molecule has 3 rings (SSSR count). The molecule has 1 aromatic heterocycles. The number of halogens is 5. The molecule has 2 atom stereocenters. The molecule has 2 heterocycles. The third kappa shape index (κ3) is 3.78. The molecule has 0 bridgehead atoms. The van der Waals surface area contributed by atoms with E-state index in [9.17, 15) is 17.6 Å². The summed E-state index contributed by atoms with van der Waals surface area (Å²) in [5.41, 5.74) is -0.853. The van der Waals surface area contributed by atoms with Crippen LogP contribution >= 0.6 is 11.6 Å². The fourth-order valence-electron chi connectivity index (χ4n) is 3.15. The first-order valence-electron chi connectivity index (χ1n) is 8.11. The number of nitrogens with one attached hydrogen (secondary N) is 1. The minimum atomic E-state index is -4.62. The number of fused-ring (bicyclic) bond motifs is 1. The van der Waals surface area contributed by atoms with Gasteiger partial charge in [-0.25, -0.2) is 9.37 Å². The molecule has 1 aliphatic heterocycles. The lowest BCUT2D eigenvalue weighted by molar-refractivity contribution is -0.0688. The molecule has 0 saturated carbocycles. The third-order valence-corrected chi connectivity index (χ3v) is 4.75. The minimum absolute atomic E-state index is 0.0766. The Morgan fingerprint density at radius 2 is 2.08 bits per heavy atom. The number of rotatable bonds is 3. The maximum Gasteiger partial charge on any atom is 0.417 e. The zero-order valence-electron chi connectivity index (χ0n) is 14.1. The molecule has 1 fully saturated rings. The number of hydrogen-bond acceptors (Lipinski definition) is 3. The summed E-state index contributed by atoms with van der Waals surface area (Å²) < 4.78 is 53.6. The molecule has 8 heteroatoms. The molecule has 0 unspecified atom stereocenters. The molecule has 0 radical (unpaired) electrons. The molecule has 2 aromatic rings. The number of piperidine rings is 1. The summed E-state index contributed by atoms with van der Waals surface area (Å²) in [5, 5.41) is 3.78. The summed E-state index contributed by atoms with van der Waals surface area (Å²) in [6.45, 7) is 4.16. The number of benzene rings is 1. The predicted octanol–water partition coefficient (Wildman–Crippen LogP) is 4.92. The lowest BCUT2D eigenvalue weighted by atomic mass is 10.0. The van der Waals surface area contributed by atoms with Crippen molar-refractivity contribution < 1.29 is 17.6 Å². The van der Waals surface area contributed by atoms with Gasteiger partial charge in [-0.1, -0.05) is 30.3 Å². The zero-order chi connectivity index (χ0) is 19.1. The Hall–Kier alpha value is -1.86. The molecule has 1 saturated heterocycles. The lowest BCUT2D eigenvalue weighted by Gasteiger charge is -2.33. The first kappa shape index (κ1) is 18.9. The van der Waals surface area contributed by atoms with Gasteiger partial charge in [-0.2, -0.15) is 13.2 Å². The number of allylic oxidation sites excluding steroid dienone is 1. The van der Waals surface area contributed by atoms with Crippen LogP contribution in [0.3, 0.4) is 0 Å². The van der Waals surface area contributed by atoms with Gasteiger partial charge in [-0.15, -0.1) is 0 Å². The number of likely N-dealkylation sites (tertiary alicyclic amines) is 1. The van der Waals surface area contributed by atoms with Crippen molar-refractivity contribution in [3.63, 3.8) is 0 Å². The number of alkyl halides is 4. The van der Waals surface area contributed by atoms with E-state index >= 15 is 0 Å². The van der Waals surface area contributed by atoms with Crippen molar-refractivity contribution in [1.29, 1.82) is 0 Å². The van der Waals surface area contributed by atoms with Gasteiger partial charge in [0.2, 0.25) is 0 Å². The summed E-state index contributed by atoms with van der Waals surface area (Å²) in [6, 6.07) is 5.89. The summed E-state index contributed by atoms with van der Waals surface area (Å²) in [7, 11) is 1.85. The lowest BCUT2D eigenvalue weighted by Crippen LogP contribution is -2.46. The standard InChI is InChI=1S/C18H18ClF4N3/c1-10(18(21,22)23)17-11-4-3-5-14(12(11)8-16(19)25-17)24-15-6-7-26(2)9-13(15)20/h3-5,8,13,15,24H,1,6-7,9H2,2H3/t13-,15+/m0/s1. The highest BCUT2D eigenvalue weighted by atomic mass is 35.5. The zero-order valence-corrected chi connectivity index (χ0v) is 14.8. The average molecular weight is 388 g/mol. The van der Waals surface area contributed by atoms with Crippen LogP contribution < -0.4 is 5.32 Å². The molecule has 1 N–H and O–H groups in total. The molecular formula is C18H18ClF4N3. The van der Waals surface area contributed by atoms with Crippen molar-refractivity contribution in [2.45, 2.75) is 24.8 Å². The molecule has 1 aromatic carbocycles. The van der Waals surface area contributed by atoms with Crippen LogP contribution in [0.4, 0.5) is 23.2 Å². The van der Waals surface area contributed by atoms with Gasteiger partial charge >= 0.3 is 6.18 Å². The van der Waals surface area contributed by atoms with E-state index in [1.807, 2.05) is 11.9 Å². The second kappa shape index (κ2) is 7.04. The summed E-state index contributed by atoms with van der Waals surface area (Å²) in [5.74, 6) is 0. The number of nitrogens with zero attached hydrogens (tertiary/aromatic N) is 2. The van der Waals surface area contributed by atoms with Crippen LogP contribution in [0.15, 0.2) is 30.8 Å². The van der Waals surface area contributed by atoms with E-state index in [0.29, 0.717) is 24.0 Å². The van der Waals surface area contributed by atoms with E-state index in [-0.39, 0.29) is 16.2 Å². The minimum Gasteiger partial charge on any atom is -0.379 e. The number of pyridine rings is 1. The van der Waals surface area contributed by atoms with Crippen LogP contribution in [-0.4, -0.2) is 48.4 Å². The summed E-state index contributed by atoms with van der Waals surface area (Å²) in [4.78, 5) is 5.72. The van der Waals surface area contributed by atoms with E-state index in [4.69, 9.17) is 11.6 Å². The molecule has 140 valence electrons. The Kier molecular flexibility index (Phi) is 5.12. The van der Waals surface area contributed by atoms with Crippen molar-refractivity contribution in [2.75, 3.05) is 25.5 Å². The van der Waals surface area contributed by atoms with Crippen LogP contribution in [0, 0.1) is 0 Å². The Bertz CT molecular complexity index is 837. The first-order chi connectivity index (χ1) is 12.2. The summed E-state index contributed by atoms with van der Waals surface area (Å²) >= 11 is 5.95. The maximum absolute atomic E-state index is 14.3. The van der Waals surface area contributed by atoms with Gasteiger partial charge in [0.1, 0.15) is 11.3 Å². The van der Waals surface area contributed by atoms with Gasteiger partial charge in [0.05, 0.1) is 17.3 Å². The van der Waals surface area contributed by atoms with Crippen molar-refractivity contribution in [2.24, 2.45) is 0 Å². The highest BCUT2D eigenvalue weighted by molar-refractivity contribution is 6.30. The van der Waals surface area contributed by atoms with E-state index in [1.165, 1.54) is 12.1 Å². The topological polar surface area (TPSA) is 28.2 Å². The van der Waals surface area contributed by atoms with E-state index in [0.717, 1.165) is 6.54 Å². The van der Waals surface area contributed by atoms with Crippen LogP contribution in [0.2, 0.25) is 5.15 Å². The Labute approximate surface area is 153 Å². The molecule has 0 amide bonds. The Morgan fingerprint density at radius 3 is 2.73 bits per heavy atom. The highest BCUT2D eigenvalue weighted by Gasteiger charge is 2.35. The highest BCUT2D eigenvalue weighted by Crippen LogP contribution is 2.38. The molecule has 1 aliphatic rings. The smallest absolute Gasteiger partial charge is 0.379 e. The van der Waals surface area contributed by atoms with E-state index in [1.54, 1.807) is 12.1 Å². The fourth-order valence-corrected chi connectivity index (χ4v) is 3.35. The van der Waals surface area contributed by atoms with Gasteiger partial charge in [-0.3, -0.25) is 0 Å². The van der Waals surface area contributed by atoms with Crippen molar-refractivity contribution in [3.05, 3.63) is 41.7 Å². The number of hydrogen-bond donors (Lipinski definition) is 1. The van der Waals surface area contributed by atoms with Crippen molar-refractivity contribution in [3.8, 4) is 0 Å². The molecule has 0 aliphatic carbocycles. The van der Waals surface area contributed by atoms with Crippen LogP contribution in [-0.2, 0) is 0 Å². The monoisotopic (exact) mass is 387 g/mol. The van der Waals surface area contributed by atoms with Gasteiger partial charge in [0, 0.05) is 29.5 Å². The van der Waals surface area contributed by atoms with E-state index in [2.05, 4.69) is 16.9 Å². The maximum atomic E-state index is 14.3. The average Bonchev–Trinajstić information content (AvgIpc) is 2.55. The summed E-state index contributed by atoms with van der Waals surface area (Å²) in [6.07, 6.45) is -5.10. The Balaban J connectivity index is 2.03. The number of aromatic nitrogens is 1. The first-order valence-corrected chi connectivity index (χ1v) is 8.49. The fraction of sp³-hybridized carbons (Fsp3) is 0.389.